The number of amides is 3. The molecule has 3 amide bonds. The molecule has 6 nitrogen and oxygen atoms in total. The molecule has 1 saturated heterocycles. The molecule has 1 aliphatic rings. The van der Waals surface area contributed by atoms with Gasteiger partial charge in [0.25, 0.3) is 0 Å². The summed E-state index contributed by atoms with van der Waals surface area (Å²) in [6.45, 7) is 10.4. The summed E-state index contributed by atoms with van der Waals surface area (Å²) < 4.78 is 0. The van der Waals surface area contributed by atoms with Gasteiger partial charge in [0.2, 0.25) is 5.91 Å². The Balaban J connectivity index is 2.02. The van der Waals surface area contributed by atoms with Crippen LogP contribution >= 0.6 is 0 Å². The second-order valence-corrected chi connectivity index (χ2v) is 6.63. The molecular formula is C19H28N4O2. The highest BCUT2D eigenvalue weighted by Crippen LogP contribution is 2.21. The molecule has 0 bridgehead atoms. The molecule has 1 aromatic carbocycles. The van der Waals surface area contributed by atoms with Crippen LogP contribution in [0.15, 0.2) is 36.4 Å². The average molecular weight is 344 g/mol. The van der Waals surface area contributed by atoms with Gasteiger partial charge in [-0.05, 0) is 50.9 Å². The number of nitrogens with one attached hydrogen (secondary N) is 1. The van der Waals surface area contributed by atoms with Gasteiger partial charge in [0.1, 0.15) is 0 Å². The van der Waals surface area contributed by atoms with Gasteiger partial charge in [0.15, 0.2) is 0 Å². The van der Waals surface area contributed by atoms with Crippen LogP contribution in [0.2, 0.25) is 0 Å². The molecule has 1 aliphatic heterocycles. The van der Waals surface area contributed by atoms with Crippen molar-refractivity contribution >= 4 is 17.6 Å². The number of carbonyl (C=O) groups is 2. The minimum atomic E-state index is -0.264. The number of hydrogen-bond acceptors (Lipinski definition) is 3. The molecule has 0 unspecified atom stereocenters. The number of hydrogen-bond donors (Lipinski definition) is 2. The maximum atomic E-state index is 12.4. The zero-order valence-electron chi connectivity index (χ0n) is 15.1. The van der Waals surface area contributed by atoms with E-state index in [9.17, 15) is 9.59 Å². The zero-order chi connectivity index (χ0) is 18.4. The third-order valence-corrected chi connectivity index (χ3v) is 4.39. The molecule has 6 heteroatoms. The first-order chi connectivity index (χ1) is 11.9. The van der Waals surface area contributed by atoms with Gasteiger partial charge < -0.3 is 16.0 Å². The Bertz CT molecular complexity index is 644. The normalized spacial score (nSPS) is 17.3. The van der Waals surface area contributed by atoms with Gasteiger partial charge in [0, 0.05) is 25.3 Å². The highest BCUT2D eigenvalue weighted by molar-refractivity contribution is 5.89. The predicted molar refractivity (Wildman–Crippen MR) is 100 cm³/mol. The van der Waals surface area contributed by atoms with Crippen molar-refractivity contribution in [3.05, 3.63) is 42.0 Å². The van der Waals surface area contributed by atoms with Crippen LogP contribution in [0.25, 0.3) is 0 Å². The van der Waals surface area contributed by atoms with Crippen molar-refractivity contribution in [2.24, 2.45) is 5.73 Å². The van der Waals surface area contributed by atoms with E-state index in [1.165, 1.54) is 0 Å². The summed E-state index contributed by atoms with van der Waals surface area (Å²) in [5.41, 5.74) is 8.22. The maximum Gasteiger partial charge on any atom is 0.322 e. The number of nitrogens with two attached hydrogens (primary N) is 1. The van der Waals surface area contributed by atoms with Crippen molar-refractivity contribution in [1.29, 1.82) is 0 Å². The number of benzene rings is 1. The number of likely N-dealkylation sites (tertiary alicyclic amines) is 1. The summed E-state index contributed by atoms with van der Waals surface area (Å²) in [5, 5.41) is 2.93. The van der Waals surface area contributed by atoms with E-state index in [0.717, 1.165) is 36.2 Å². The van der Waals surface area contributed by atoms with Gasteiger partial charge in [-0.25, -0.2) is 4.79 Å². The van der Waals surface area contributed by atoms with Gasteiger partial charge in [0.05, 0.1) is 6.04 Å². The number of rotatable bonds is 7. The molecule has 0 aromatic heterocycles. The Morgan fingerprint density at radius 2 is 2.20 bits per heavy atom. The minimum absolute atomic E-state index is 0.140. The van der Waals surface area contributed by atoms with E-state index >= 15 is 0 Å². The second-order valence-electron chi connectivity index (χ2n) is 6.63. The number of primary amides is 1. The quantitative estimate of drug-likeness (QED) is 0.746. The predicted octanol–water partition coefficient (Wildman–Crippen LogP) is 2.57. The van der Waals surface area contributed by atoms with Crippen LogP contribution in [0, 0.1) is 0 Å². The summed E-state index contributed by atoms with van der Waals surface area (Å²) in [6.07, 6.45) is 1.80. The smallest absolute Gasteiger partial charge is 0.322 e. The van der Waals surface area contributed by atoms with E-state index < -0.39 is 0 Å². The Hall–Kier alpha value is -2.34. The fourth-order valence-corrected chi connectivity index (χ4v) is 3.18. The first-order valence-corrected chi connectivity index (χ1v) is 8.73. The Morgan fingerprint density at radius 3 is 2.84 bits per heavy atom. The summed E-state index contributed by atoms with van der Waals surface area (Å²) >= 11 is 0. The Morgan fingerprint density at radius 1 is 1.44 bits per heavy atom. The lowest BCUT2D eigenvalue weighted by atomic mass is 10.1. The average Bonchev–Trinajstić information content (AvgIpc) is 3.01. The van der Waals surface area contributed by atoms with Gasteiger partial charge in [-0.1, -0.05) is 24.3 Å². The Kier molecular flexibility index (Phi) is 6.58. The maximum absolute atomic E-state index is 12.4. The van der Waals surface area contributed by atoms with Crippen LogP contribution in [0.3, 0.4) is 0 Å². The molecular weight excluding hydrogens is 316 g/mol. The summed E-state index contributed by atoms with van der Waals surface area (Å²) in [4.78, 5) is 27.7. The molecule has 1 fully saturated rings. The molecule has 0 radical (unpaired) electrons. The monoisotopic (exact) mass is 344 g/mol. The molecule has 0 saturated carbocycles. The van der Waals surface area contributed by atoms with E-state index in [0.29, 0.717) is 19.6 Å². The standard InChI is InChI=1S/C19H28N4O2/c1-4-22(12-14(2)3)19(25)21-16-8-5-7-15(11-16)13-23-10-6-9-17(23)18(20)24/h5,7-8,11,17H,2,4,6,9-10,12-13H2,1,3H3,(H2,20,24)(H,21,25)/t17-/m0/s1. The number of carbonyl (C=O) groups excluding carboxylic acids is 2. The number of likely N-dealkylation sites (N-methyl/N-ethyl adjacent to an activating group) is 1. The van der Waals surface area contributed by atoms with Crippen molar-refractivity contribution in [3.63, 3.8) is 0 Å². The van der Waals surface area contributed by atoms with E-state index in [2.05, 4.69) is 16.8 Å². The molecule has 1 heterocycles. The summed E-state index contributed by atoms with van der Waals surface area (Å²) in [5.74, 6) is -0.264. The topological polar surface area (TPSA) is 78.7 Å². The van der Waals surface area contributed by atoms with E-state index in [1.807, 2.05) is 38.1 Å². The molecule has 2 rings (SSSR count). The van der Waals surface area contributed by atoms with Crippen molar-refractivity contribution in [2.75, 3.05) is 25.0 Å². The van der Waals surface area contributed by atoms with Gasteiger partial charge >= 0.3 is 6.03 Å². The molecule has 3 N–H and O–H groups in total. The lowest BCUT2D eigenvalue weighted by Crippen LogP contribution is -2.39. The Labute approximate surface area is 149 Å². The largest absolute Gasteiger partial charge is 0.368 e. The number of nitrogens with zero attached hydrogens (tertiary/aromatic N) is 2. The van der Waals surface area contributed by atoms with Crippen LogP contribution in [-0.4, -0.2) is 47.4 Å². The van der Waals surface area contributed by atoms with Gasteiger partial charge in [-0.15, -0.1) is 0 Å². The molecule has 0 spiro atoms. The number of urea groups is 1. The molecule has 136 valence electrons. The van der Waals surface area contributed by atoms with Crippen LogP contribution in [0.4, 0.5) is 10.5 Å². The van der Waals surface area contributed by atoms with Gasteiger partial charge in [-0.2, -0.15) is 0 Å². The lowest BCUT2D eigenvalue weighted by Gasteiger charge is -2.23. The molecule has 1 aromatic rings. The van der Waals surface area contributed by atoms with Crippen molar-refractivity contribution in [2.45, 2.75) is 39.3 Å². The third kappa shape index (κ3) is 5.32. The summed E-state index contributed by atoms with van der Waals surface area (Å²) in [7, 11) is 0. The highest BCUT2D eigenvalue weighted by atomic mass is 16.2. The van der Waals surface area contributed by atoms with Crippen molar-refractivity contribution in [3.8, 4) is 0 Å². The lowest BCUT2D eigenvalue weighted by molar-refractivity contribution is -0.122. The van der Waals surface area contributed by atoms with Crippen LogP contribution in [-0.2, 0) is 11.3 Å². The zero-order valence-corrected chi connectivity index (χ0v) is 15.1. The molecule has 25 heavy (non-hydrogen) atoms. The fourth-order valence-electron chi connectivity index (χ4n) is 3.18. The minimum Gasteiger partial charge on any atom is -0.368 e. The first-order valence-electron chi connectivity index (χ1n) is 8.73. The van der Waals surface area contributed by atoms with Crippen LogP contribution < -0.4 is 11.1 Å². The van der Waals surface area contributed by atoms with Crippen molar-refractivity contribution < 1.29 is 9.59 Å². The van der Waals surface area contributed by atoms with Crippen LogP contribution in [0.5, 0.6) is 0 Å². The number of anilines is 1. The first kappa shape index (κ1) is 19.0. The van der Waals surface area contributed by atoms with E-state index in [4.69, 9.17) is 5.73 Å². The van der Waals surface area contributed by atoms with E-state index in [-0.39, 0.29) is 18.0 Å². The fraction of sp³-hybridized carbons (Fsp3) is 0.474. The summed E-state index contributed by atoms with van der Waals surface area (Å²) in [6, 6.07) is 7.39. The van der Waals surface area contributed by atoms with Crippen LogP contribution in [0.1, 0.15) is 32.3 Å². The highest BCUT2D eigenvalue weighted by Gasteiger charge is 2.28. The van der Waals surface area contributed by atoms with Crippen molar-refractivity contribution in [1.82, 2.24) is 9.80 Å². The molecule has 1 atom stereocenters. The van der Waals surface area contributed by atoms with E-state index in [1.54, 1.807) is 4.90 Å². The second kappa shape index (κ2) is 8.67. The van der Waals surface area contributed by atoms with Gasteiger partial charge in [-0.3, -0.25) is 9.69 Å². The molecule has 0 aliphatic carbocycles. The third-order valence-electron chi connectivity index (χ3n) is 4.39. The SMILES string of the molecule is C=C(C)CN(CC)C(=O)Nc1cccc(CN2CCC[C@H]2C(N)=O)c1.